The summed E-state index contributed by atoms with van der Waals surface area (Å²) in [5.74, 6) is -0.712. The molecule has 7 nitrogen and oxygen atoms in total. The first-order valence-electron chi connectivity index (χ1n) is 5.60. The summed E-state index contributed by atoms with van der Waals surface area (Å²) >= 11 is 0. The molecule has 0 fully saturated rings. The summed E-state index contributed by atoms with van der Waals surface area (Å²) in [7, 11) is -3.89. The average molecular weight is 288 g/mol. The zero-order valence-corrected chi connectivity index (χ0v) is 11.3. The molecule has 106 valence electrons. The number of rotatable bonds is 7. The number of sulfonamides is 1. The van der Waals surface area contributed by atoms with Crippen LogP contribution >= 0.6 is 0 Å². The number of carbonyl (C=O) groups is 1. The highest BCUT2D eigenvalue weighted by Crippen LogP contribution is 2.17. The van der Waals surface area contributed by atoms with E-state index in [1.807, 2.05) is 0 Å². The van der Waals surface area contributed by atoms with Gasteiger partial charge in [-0.25, -0.2) is 8.42 Å². The second-order valence-electron chi connectivity index (χ2n) is 3.57. The molecule has 0 saturated carbocycles. The molecule has 1 amide bonds. The number of amides is 1. The zero-order chi connectivity index (χ0) is 14.5. The first-order chi connectivity index (χ1) is 8.93. The number of hydroxylamine groups is 1. The van der Waals surface area contributed by atoms with Gasteiger partial charge in [-0.3, -0.25) is 9.63 Å². The first-order valence-corrected chi connectivity index (χ1v) is 7.04. The smallest absolute Gasteiger partial charge is 0.265 e. The zero-order valence-electron chi connectivity index (χ0n) is 10.4. The van der Waals surface area contributed by atoms with Gasteiger partial charge >= 0.3 is 0 Å². The van der Waals surface area contributed by atoms with Crippen molar-refractivity contribution < 1.29 is 23.2 Å². The highest BCUT2D eigenvalue weighted by molar-refractivity contribution is 7.89. The predicted molar refractivity (Wildman–Crippen MR) is 67.6 cm³/mol. The fraction of sp³-hybridized carbons (Fsp3) is 0.364. The van der Waals surface area contributed by atoms with E-state index in [-0.39, 0.29) is 30.2 Å². The van der Waals surface area contributed by atoms with Crippen molar-refractivity contribution in [2.75, 3.05) is 19.8 Å². The van der Waals surface area contributed by atoms with Crippen molar-refractivity contribution in [1.82, 2.24) is 4.47 Å². The molecular formula is C11H16N2O5S. The van der Waals surface area contributed by atoms with E-state index in [1.165, 1.54) is 24.3 Å². The molecule has 0 atom stereocenters. The van der Waals surface area contributed by atoms with Crippen LogP contribution in [-0.4, -0.2) is 43.7 Å². The number of carbonyl (C=O) groups excluding carboxylic acids is 1. The Kier molecular flexibility index (Phi) is 5.43. The molecule has 0 spiro atoms. The number of aliphatic hydroxyl groups is 1. The van der Waals surface area contributed by atoms with Crippen LogP contribution in [0.25, 0.3) is 0 Å². The molecule has 0 aliphatic heterocycles. The minimum Gasteiger partial charge on any atom is -0.394 e. The lowest BCUT2D eigenvalue weighted by atomic mass is 10.2. The fourth-order valence-corrected chi connectivity index (χ4v) is 2.72. The number of aliphatic hydroxyl groups excluding tert-OH is 1. The van der Waals surface area contributed by atoms with Crippen molar-refractivity contribution in [1.29, 1.82) is 0 Å². The summed E-state index contributed by atoms with van der Waals surface area (Å²) in [6.45, 7) is 1.23. The van der Waals surface area contributed by atoms with Gasteiger partial charge in [-0.2, -0.15) is 0 Å². The summed E-state index contributed by atoms with van der Waals surface area (Å²) in [4.78, 5) is 15.9. The maximum atomic E-state index is 12.2. The monoisotopic (exact) mass is 288 g/mol. The molecule has 1 aromatic rings. The van der Waals surface area contributed by atoms with Crippen LogP contribution in [0.1, 0.15) is 17.3 Å². The Balaban J connectivity index is 3.11. The van der Waals surface area contributed by atoms with Crippen LogP contribution in [0.15, 0.2) is 29.2 Å². The Morgan fingerprint density at radius 1 is 1.47 bits per heavy atom. The number of primary amides is 1. The molecule has 0 aliphatic rings. The van der Waals surface area contributed by atoms with Crippen LogP contribution in [0, 0.1) is 0 Å². The second-order valence-corrected chi connectivity index (χ2v) is 5.40. The lowest BCUT2D eigenvalue weighted by molar-refractivity contribution is -0.0918. The predicted octanol–water partition coefficient (Wildman–Crippen LogP) is -0.280. The third kappa shape index (κ3) is 3.74. The normalized spacial score (nSPS) is 11.7. The number of nitrogens with two attached hydrogens (primary N) is 1. The largest absolute Gasteiger partial charge is 0.394 e. The number of hydrogen-bond acceptors (Lipinski definition) is 5. The van der Waals surface area contributed by atoms with E-state index < -0.39 is 15.9 Å². The number of hydrogen-bond donors (Lipinski definition) is 2. The lowest BCUT2D eigenvalue weighted by Crippen LogP contribution is -2.32. The van der Waals surface area contributed by atoms with Crippen molar-refractivity contribution >= 4 is 15.9 Å². The molecular weight excluding hydrogens is 272 g/mol. The maximum absolute atomic E-state index is 12.2. The Bertz CT molecular complexity index is 544. The molecule has 0 heterocycles. The molecule has 8 heteroatoms. The van der Waals surface area contributed by atoms with Gasteiger partial charge in [0.25, 0.3) is 10.0 Å². The summed E-state index contributed by atoms with van der Waals surface area (Å²) < 4.78 is 25.2. The van der Waals surface area contributed by atoms with E-state index in [4.69, 9.17) is 15.7 Å². The number of benzene rings is 1. The first kappa shape index (κ1) is 15.6. The molecule has 0 radical (unpaired) electrons. The summed E-state index contributed by atoms with van der Waals surface area (Å²) in [6.07, 6.45) is 0. The molecule has 19 heavy (non-hydrogen) atoms. The van der Waals surface area contributed by atoms with Gasteiger partial charge in [-0.1, -0.05) is 10.5 Å². The Labute approximate surface area is 111 Å². The van der Waals surface area contributed by atoms with Gasteiger partial charge in [-0.15, -0.1) is 0 Å². The second kappa shape index (κ2) is 6.62. The fourth-order valence-electron chi connectivity index (χ4n) is 1.40. The van der Waals surface area contributed by atoms with Gasteiger partial charge in [0.05, 0.1) is 18.1 Å². The minimum absolute atomic E-state index is 0.0726. The van der Waals surface area contributed by atoms with Gasteiger partial charge in [0.15, 0.2) is 0 Å². The van der Waals surface area contributed by atoms with E-state index in [1.54, 1.807) is 6.92 Å². The highest BCUT2D eigenvalue weighted by Gasteiger charge is 2.24. The number of nitrogens with zero attached hydrogens (tertiary/aromatic N) is 1. The molecule has 0 bridgehead atoms. The summed E-state index contributed by atoms with van der Waals surface area (Å²) in [6, 6.07) is 5.37. The summed E-state index contributed by atoms with van der Waals surface area (Å²) in [5, 5.41) is 8.66. The Morgan fingerprint density at radius 2 is 2.16 bits per heavy atom. The van der Waals surface area contributed by atoms with Crippen LogP contribution in [-0.2, 0) is 14.9 Å². The molecule has 0 aliphatic carbocycles. The third-order valence-corrected chi connectivity index (χ3v) is 4.02. The Hall–Kier alpha value is -1.48. The molecule has 0 saturated heterocycles. The lowest BCUT2D eigenvalue weighted by Gasteiger charge is -2.19. The Morgan fingerprint density at radius 3 is 2.68 bits per heavy atom. The van der Waals surface area contributed by atoms with Crippen molar-refractivity contribution in [3.8, 4) is 0 Å². The van der Waals surface area contributed by atoms with E-state index in [9.17, 15) is 13.2 Å². The van der Waals surface area contributed by atoms with Crippen LogP contribution in [0.4, 0.5) is 0 Å². The van der Waals surface area contributed by atoms with Crippen molar-refractivity contribution in [2.24, 2.45) is 5.73 Å². The van der Waals surface area contributed by atoms with Crippen LogP contribution < -0.4 is 5.73 Å². The minimum atomic E-state index is -3.89. The third-order valence-electron chi connectivity index (χ3n) is 2.27. The van der Waals surface area contributed by atoms with Crippen molar-refractivity contribution in [3.05, 3.63) is 29.8 Å². The highest BCUT2D eigenvalue weighted by atomic mass is 32.2. The standard InChI is InChI=1S/C11H16N2O5S/c1-2-13(18-7-6-14)19(16,17)10-5-3-4-9(8-10)11(12)15/h3-5,8,14H,2,6-7H2,1H3,(H2,12,15). The quantitative estimate of drug-likeness (QED) is 0.670. The van der Waals surface area contributed by atoms with E-state index in [2.05, 4.69) is 0 Å². The molecule has 1 rings (SSSR count). The van der Waals surface area contributed by atoms with Gasteiger partial charge in [0.2, 0.25) is 5.91 Å². The molecule has 1 aromatic carbocycles. The van der Waals surface area contributed by atoms with Crippen LogP contribution in [0.2, 0.25) is 0 Å². The van der Waals surface area contributed by atoms with E-state index >= 15 is 0 Å². The molecule has 3 N–H and O–H groups in total. The van der Waals surface area contributed by atoms with Crippen LogP contribution in [0.3, 0.4) is 0 Å². The van der Waals surface area contributed by atoms with Crippen LogP contribution in [0.5, 0.6) is 0 Å². The van der Waals surface area contributed by atoms with Gasteiger partial charge in [0.1, 0.15) is 0 Å². The SMILES string of the molecule is CCN(OCCO)S(=O)(=O)c1cccc(C(N)=O)c1. The maximum Gasteiger partial charge on any atom is 0.265 e. The molecule has 0 aromatic heterocycles. The summed E-state index contributed by atoms with van der Waals surface area (Å²) in [5.41, 5.74) is 5.20. The van der Waals surface area contributed by atoms with Crippen molar-refractivity contribution in [3.63, 3.8) is 0 Å². The van der Waals surface area contributed by atoms with Crippen molar-refractivity contribution in [2.45, 2.75) is 11.8 Å². The van der Waals surface area contributed by atoms with Gasteiger partial charge in [0, 0.05) is 12.1 Å². The van der Waals surface area contributed by atoms with E-state index in [0.717, 1.165) is 4.47 Å². The van der Waals surface area contributed by atoms with E-state index in [0.29, 0.717) is 0 Å². The topological polar surface area (TPSA) is 110 Å². The average Bonchev–Trinajstić information content (AvgIpc) is 2.39. The van der Waals surface area contributed by atoms with Gasteiger partial charge < -0.3 is 10.8 Å². The molecule has 0 unspecified atom stereocenters. The van der Waals surface area contributed by atoms with Gasteiger partial charge in [-0.05, 0) is 25.1 Å².